The third-order valence-corrected chi connectivity index (χ3v) is 3.59. The van der Waals surface area contributed by atoms with E-state index >= 15 is 0 Å². The standard InChI is InChI=1S/C16H22N2O/c17-15-10-4-9-14(12-15)16(19)18-11-5-8-13-6-2-1-3-7-13/h1-3,5-8,14-15H,4,9-12,17H2,(H,18,19)/t14-,15+/m1/s1. The lowest BCUT2D eigenvalue weighted by atomic mass is 9.85. The highest BCUT2D eigenvalue weighted by atomic mass is 16.1. The maximum Gasteiger partial charge on any atom is 0.223 e. The Hall–Kier alpha value is -1.61. The van der Waals surface area contributed by atoms with E-state index in [2.05, 4.69) is 5.32 Å². The van der Waals surface area contributed by atoms with Crippen molar-refractivity contribution in [3.63, 3.8) is 0 Å². The predicted octanol–water partition coefficient (Wildman–Crippen LogP) is 2.33. The Morgan fingerprint density at radius 2 is 2.11 bits per heavy atom. The summed E-state index contributed by atoms with van der Waals surface area (Å²) in [5, 5.41) is 2.96. The first kappa shape index (κ1) is 13.8. The van der Waals surface area contributed by atoms with Crippen LogP contribution in [0.3, 0.4) is 0 Å². The Bertz CT molecular complexity index is 428. The second-order valence-electron chi connectivity index (χ2n) is 5.18. The van der Waals surface area contributed by atoms with Gasteiger partial charge in [-0.3, -0.25) is 4.79 Å². The molecule has 2 atom stereocenters. The van der Waals surface area contributed by atoms with Crippen molar-refractivity contribution in [2.45, 2.75) is 31.7 Å². The Labute approximate surface area is 114 Å². The van der Waals surface area contributed by atoms with Gasteiger partial charge in [0.15, 0.2) is 0 Å². The normalized spacial score (nSPS) is 23.4. The Morgan fingerprint density at radius 1 is 1.32 bits per heavy atom. The number of hydrogen-bond acceptors (Lipinski definition) is 2. The van der Waals surface area contributed by atoms with Crippen LogP contribution in [0.25, 0.3) is 6.08 Å². The maximum absolute atomic E-state index is 12.0. The zero-order valence-electron chi connectivity index (χ0n) is 11.2. The van der Waals surface area contributed by atoms with Gasteiger partial charge in [0.05, 0.1) is 0 Å². The summed E-state index contributed by atoms with van der Waals surface area (Å²) in [5.41, 5.74) is 7.05. The number of carbonyl (C=O) groups is 1. The first-order valence-electron chi connectivity index (χ1n) is 7.00. The fourth-order valence-electron chi connectivity index (χ4n) is 2.53. The molecule has 1 amide bonds. The highest BCUT2D eigenvalue weighted by Gasteiger charge is 2.24. The summed E-state index contributed by atoms with van der Waals surface area (Å²) >= 11 is 0. The fourth-order valence-corrected chi connectivity index (χ4v) is 2.53. The molecule has 0 heterocycles. The topological polar surface area (TPSA) is 55.1 Å². The molecule has 3 nitrogen and oxygen atoms in total. The SMILES string of the molecule is N[C@H]1CCC[C@@H](C(=O)NCC=Cc2ccccc2)C1. The molecule has 0 aliphatic heterocycles. The highest BCUT2D eigenvalue weighted by molar-refractivity contribution is 5.79. The number of amides is 1. The van der Waals surface area contributed by atoms with E-state index in [1.807, 2.05) is 42.5 Å². The second-order valence-corrected chi connectivity index (χ2v) is 5.18. The summed E-state index contributed by atoms with van der Waals surface area (Å²) in [5.74, 6) is 0.252. The minimum atomic E-state index is 0.105. The van der Waals surface area contributed by atoms with Gasteiger partial charge in [-0.1, -0.05) is 48.9 Å². The van der Waals surface area contributed by atoms with Crippen molar-refractivity contribution in [1.82, 2.24) is 5.32 Å². The molecule has 1 aliphatic rings. The summed E-state index contributed by atoms with van der Waals surface area (Å²) in [6.07, 6.45) is 7.93. The van der Waals surface area contributed by atoms with Crippen LogP contribution in [0.4, 0.5) is 0 Å². The van der Waals surface area contributed by atoms with Gasteiger partial charge in [-0.05, 0) is 24.8 Å². The van der Waals surface area contributed by atoms with Gasteiger partial charge >= 0.3 is 0 Å². The molecule has 102 valence electrons. The molecule has 0 bridgehead atoms. The van der Waals surface area contributed by atoms with E-state index in [1.54, 1.807) is 0 Å². The van der Waals surface area contributed by atoms with Gasteiger partial charge in [-0.15, -0.1) is 0 Å². The lowest BCUT2D eigenvalue weighted by Gasteiger charge is -2.25. The van der Waals surface area contributed by atoms with Gasteiger partial charge in [0.25, 0.3) is 0 Å². The number of hydrogen-bond donors (Lipinski definition) is 2. The molecule has 1 fully saturated rings. The minimum absolute atomic E-state index is 0.105. The molecule has 0 unspecified atom stereocenters. The molecular weight excluding hydrogens is 236 g/mol. The third-order valence-electron chi connectivity index (χ3n) is 3.59. The van der Waals surface area contributed by atoms with E-state index in [1.165, 1.54) is 0 Å². The van der Waals surface area contributed by atoms with Crippen LogP contribution in [0.15, 0.2) is 36.4 Å². The van der Waals surface area contributed by atoms with E-state index in [9.17, 15) is 4.79 Å². The van der Waals surface area contributed by atoms with Gasteiger partial charge < -0.3 is 11.1 Å². The number of nitrogens with one attached hydrogen (secondary N) is 1. The second kappa shape index (κ2) is 7.10. The molecule has 1 aromatic rings. The molecule has 0 radical (unpaired) electrons. The Morgan fingerprint density at radius 3 is 2.84 bits per heavy atom. The lowest BCUT2D eigenvalue weighted by molar-refractivity contribution is -0.125. The van der Waals surface area contributed by atoms with Crippen LogP contribution in [0.2, 0.25) is 0 Å². The van der Waals surface area contributed by atoms with Crippen molar-refractivity contribution in [1.29, 1.82) is 0 Å². The summed E-state index contributed by atoms with van der Waals surface area (Å²) in [6.45, 7) is 0.583. The molecule has 1 aromatic carbocycles. The van der Waals surface area contributed by atoms with Crippen LogP contribution in [-0.4, -0.2) is 18.5 Å². The molecular formula is C16H22N2O. The first-order chi connectivity index (χ1) is 9.25. The van der Waals surface area contributed by atoms with E-state index < -0.39 is 0 Å². The van der Waals surface area contributed by atoms with Crippen molar-refractivity contribution >= 4 is 12.0 Å². The summed E-state index contributed by atoms with van der Waals surface area (Å²) < 4.78 is 0. The van der Waals surface area contributed by atoms with E-state index in [0.29, 0.717) is 6.54 Å². The van der Waals surface area contributed by atoms with Crippen molar-refractivity contribution in [2.75, 3.05) is 6.54 Å². The quantitative estimate of drug-likeness (QED) is 0.871. The van der Waals surface area contributed by atoms with Crippen molar-refractivity contribution in [2.24, 2.45) is 11.7 Å². The number of benzene rings is 1. The summed E-state index contributed by atoms with van der Waals surface area (Å²) in [6, 6.07) is 10.3. The van der Waals surface area contributed by atoms with E-state index in [4.69, 9.17) is 5.73 Å². The van der Waals surface area contributed by atoms with Crippen molar-refractivity contribution in [3.05, 3.63) is 42.0 Å². The first-order valence-corrected chi connectivity index (χ1v) is 7.00. The van der Waals surface area contributed by atoms with Gasteiger partial charge in [0.2, 0.25) is 5.91 Å². The average molecular weight is 258 g/mol. The zero-order valence-corrected chi connectivity index (χ0v) is 11.2. The lowest BCUT2D eigenvalue weighted by Crippen LogP contribution is -2.37. The zero-order chi connectivity index (χ0) is 13.5. The summed E-state index contributed by atoms with van der Waals surface area (Å²) in [7, 11) is 0. The third kappa shape index (κ3) is 4.52. The van der Waals surface area contributed by atoms with Crippen LogP contribution < -0.4 is 11.1 Å². The van der Waals surface area contributed by atoms with Crippen LogP contribution in [-0.2, 0) is 4.79 Å². The van der Waals surface area contributed by atoms with Crippen LogP contribution in [0.5, 0.6) is 0 Å². The molecule has 0 saturated heterocycles. The van der Waals surface area contributed by atoms with Crippen LogP contribution >= 0.6 is 0 Å². The predicted molar refractivity (Wildman–Crippen MR) is 78.4 cm³/mol. The molecule has 1 aliphatic carbocycles. The molecule has 0 aromatic heterocycles. The number of nitrogens with two attached hydrogens (primary N) is 1. The van der Waals surface area contributed by atoms with Crippen molar-refractivity contribution in [3.8, 4) is 0 Å². The molecule has 3 N–H and O–H groups in total. The van der Waals surface area contributed by atoms with Gasteiger partial charge in [-0.25, -0.2) is 0 Å². The molecule has 3 heteroatoms. The molecule has 0 spiro atoms. The van der Waals surface area contributed by atoms with E-state index in [0.717, 1.165) is 31.2 Å². The smallest absolute Gasteiger partial charge is 0.223 e. The molecule has 2 rings (SSSR count). The van der Waals surface area contributed by atoms with Gasteiger partial charge in [0, 0.05) is 18.5 Å². The van der Waals surface area contributed by atoms with Gasteiger partial charge in [0.1, 0.15) is 0 Å². The Balaban J connectivity index is 1.73. The largest absolute Gasteiger partial charge is 0.352 e. The minimum Gasteiger partial charge on any atom is -0.352 e. The van der Waals surface area contributed by atoms with Crippen LogP contribution in [0, 0.1) is 5.92 Å². The fraction of sp³-hybridized carbons (Fsp3) is 0.438. The van der Waals surface area contributed by atoms with Crippen LogP contribution in [0.1, 0.15) is 31.2 Å². The monoisotopic (exact) mass is 258 g/mol. The average Bonchev–Trinajstić information content (AvgIpc) is 2.44. The van der Waals surface area contributed by atoms with Gasteiger partial charge in [-0.2, -0.15) is 0 Å². The maximum atomic E-state index is 12.0. The Kier molecular flexibility index (Phi) is 5.16. The van der Waals surface area contributed by atoms with Crippen molar-refractivity contribution < 1.29 is 4.79 Å². The summed E-state index contributed by atoms with van der Waals surface area (Å²) in [4.78, 5) is 12.0. The number of carbonyl (C=O) groups excluding carboxylic acids is 1. The highest BCUT2D eigenvalue weighted by Crippen LogP contribution is 2.22. The molecule has 19 heavy (non-hydrogen) atoms. The van der Waals surface area contributed by atoms with E-state index in [-0.39, 0.29) is 17.9 Å². The molecule has 1 saturated carbocycles. The number of rotatable bonds is 4.